The maximum Gasteiger partial charge on any atom is 0.330 e. The van der Waals surface area contributed by atoms with E-state index in [1.54, 1.807) is 0 Å². The van der Waals surface area contributed by atoms with E-state index in [1.165, 1.54) is 6.92 Å². The van der Waals surface area contributed by atoms with Gasteiger partial charge in [0, 0.05) is 6.61 Å². The first-order valence-electron chi connectivity index (χ1n) is 4.79. The van der Waals surface area contributed by atoms with Crippen molar-refractivity contribution in [2.75, 3.05) is 13.2 Å². The molecule has 0 saturated heterocycles. The van der Waals surface area contributed by atoms with Crippen molar-refractivity contribution in [3.8, 4) is 0 Å². The van der Waals surface area contributed by atoms with Crippen molar-refractivity contribution in [2.45, 2.75) is 45.3 Å². The van der Waals surface area contributed by atoms with Gasteiger partial charge >= 0.3 is 12.3 Å². The van der Waals surface area contributed by atoms with Gasteiger partial charge in [-0.1, -0.05) is 13.3 Å². The van der Waals surface area contributed by atoms with Gasteiger partial charge in [0.2, 0.25) is 0 Å². The van der Waals surface area contributed by atoms with Gasteiger partial charge in [0.1, 0.15) is 6.61 Å². The number of unbranched alkanes of at least 4 members (excludes halogenated alkanes) is 1. The zero-order valence-corrected chi connectivity index (χ0v) is 8.81. The molecule has 1 atom stereocenters. The zero-order chi connectivity index (χ0) is 11.9. The van der Waals surface area contributed by atoms with Gasteiger partial charge in [0.05, 0.1) is 0 Å². The molecule has 0 N–H and O–H groups in total. The summed E-state index contributed by atoms with van der Waals surface area (Å²) in [6, 6.07) is 0. The first-order valence-corrected chi connectivity index (χ1v) is 4.79. The van der Waals surface area contributed by atoms with Gasteiger partial charge in [-0.05, 0) is 13.3 Å². The molecule has 0 amide bonds. The van der Waals surface area contributed by atoms with Crippen molar-refractivity contribution in [3.05, 3.63) is 0 Å². The lowest BCUT2D eigenvalue weighted by Gasteiger charge is -2.19. The van der Waals surface area contributed by atoms with Crippen LogP contribution in [0.4, 0.5) is 17.6 Å². The average Bonchev–Trinajstić information content (AvgIpc) is 2.15. The molecular formula is C9H16F4O2. The number of hydrogen-bond donors (Lipinski definition) is 0. The largest absolute Gasteiger partial charge is 0.353 e. The van der Waals surface area contributed by atoms with E-state index in [0.29, 0.717) is 6.61 Å². The maximum atomic E-state index is 12.4. The summed E-state index contributed by atoms with van der Waals surface area (Å²) in [5, 5.41) is 0. The molecule has 0 fully saturated rings. The fraction of sp³-hybridized carbons (Fsp3) is 1.00. The third-order valence-electron chi connectivity index (χ3n) is 1.68. The van der Waals surface area contributed by atoms with Crippen LogP contribution in [-0.4, -0.2) is 31.9 Å². The molecule has 0 rings (SSSR count). The Balaban J connectivity index is 3.65. The average molecular weight is 232 g/mol. The van der Waals surface area contributed by atoms with E-state index in [1.807, 2.05) is 6.92 Å². The Hall–Kier alpha value is -0.360. The van der Waals surface area contributed by atoms with Gasteiger partial charge in [-0.15, -0.1) is 0 Å². The van der Waals surface area contributed by atoms with Crippen LogP contribution < -0.4 is 0 Å². The first-order chi connectivity index (χ1) is 6.90. The van der Waals surface area contributed by atoms with Gasteiger partial charge < -0.3 is 9.47 Å². The lowest BCUT2D eigenvalue weighted by Crippen LogP contribution is -2.34. The van der Waals surface area contributed by atoms with Crippen LogP contribution in [0.3, 0.4) is 0 Å². The van der Waals surface area contributed by atoms with E-state index in [-0.39, 0.29) is 0 Å². The second kappa shape index (κ2) is 7.00. The summed E-state index contributed by atoms with van der Waals surface area (Å²) in [6.45, 7) is 2.40. The molecule has 92 valence electrons. The highest BCUT2D eigenvalue weighted by molar-refractivity contribution is 4.67. The first kappa shape index (κ1) is 14.6. The summed E-state index contributed by atoms with van der Waals surface area (Å²) in [6.07, 6.45) is -2.92. The minimum Gasteiger partial charge on any atom is -0.353 e. The molecule has 0 aromatic heterocycles. The minimum atomic E-state index is -4.11. The Labute approximate surface area is 86.5 Å². The number of rotatable bonds is 8. The van der Waals surface area contributed by atoms with Crippen molar-refractivity contribution in [1.82, 2.24) is 0 Å². The van der Waals surface area contributed by atoms with Gasteiger partial charge in [0.15, 0.2) is 6.29 Å². The van der Waals surface area contributed by atoms with Crippen LogP contribution in [0.25, 0.3) is 0 Å². The predicted molar refractivity (Wildman–Crippen MR) is 47.2 cm³/mol. The predicted octanol–water partition coefficient (Wildman–Crippen LogP) is 3.07. The molecule has 0 aliphatic heterocycles. The second-order valence-electron chi connectivity index (χ2n) is 3.16. The van der Waals surface area contributed by atoms with Crippen LogP contribution in [0.2, 0.25) is 0 Å². The van der Waals surface area contributed by atoms with Gasteiger partial charge in [0.25, 0.3) is 0 Å². The maximum absolute atomic E-state index is 12.4. The highest BCUT2D eigenvalue weighted by Crippen LogP contribution is 2.23. The number of halogens is 4. The van der Waals surface area contributed by atoms with Crippen LogP contribution in [0.5, 0.6) is 0 Å². The molecule has 6 heteroatoms. The minimum absolute atomic E-state index is 0.373. The van der Waals surface area contributed by atoms with E-state index in [4.69, 9.17) is 4.74 Å². The molecule has 0 aromatic carbocycles. The Morgan fingerprint density at radius 3 is 2.27 bits per heavy atom. The molecule has 0 radical (unpaired) electrons. The molecular weight excluding hydrogens is 216 g/mol. The fourth-order valence-electron chi connectivity index (χ4n) is 0.733. The topological polar surface area (TPSA) is 18.5 Å². The summed E-state index contributed by atoms with van der Waals surface area (Å²) in [4.78, 5) is 0. The smallest absolute Gasteiger partial charge is 0.330 e. The second-order valence-corrected chi connectivity index (χ2v) is 3.16. The lowest BCUT2D eigenvalue weighted by atomic mass is 10.4. The van der Waals surface area contributed by atoms with Crippen LogP contribution in [0.1, 0.15) is 26.7 Å². The van der Waals surface area contributed by atoms with Crippen LogP contribution >= 0.6 is 0 Å². The third kappa shape index (κ3) is 6.67. The summed E-state index contributed by atoms with van der Waals surface area (Å²) in [5.74, 6) is -4.11. The van der Waals surface area contributed by atoms with E-state index in [2.05, 4.69) is 4.74 Å². The number of alkyl halides is 4. The molecule has 0 aliphatic carbocycles. The fourth-order valence-corrected chi connectivity index (χ4v) is 0.733. The van der Waals surface area contributed by atoms with Crippen molar-refractivity contribution in [1.29, 1.82) is 0 Å². The number of ether oxygens (including phenoxy) is 2. The molecule has 0 bridgehead atoms. The van der Waals surface area contributed by atoms with Crippen LogP contribution in [-0.2, 0) is 9.47 Å². The normalized spacial score (nSPS) is 14.6. The van der Waals surface area contributed by atoms with E-state index < -0.39 is 25.2 Å². The van der Waals surface area contributed by atoms with Crippen LogP contribution in [0.15, 0.2) is 0 Å². The van der Waals surface area contributed by atoms with Gasteiger partial charge in [-0.3, -0.25) is 0 Å². The number of hydrogen-bond acceptors (Lipinski definition) is 2. The molecule has 2 nitrogen and oxygen atoms in total. The summed E-state index contributed by atoms with van der Waals surface area (Å²) >= 11 is 0. The molecule has 15 heavy (non-hydrogen) atoms. The SMILES string of the molecule is CCCCOC(C)OCC(F)(F)C(F)F. The van der Waals surface area contributed by atoms with Crippen molar-refractivity contribution >= 4 is 0 Å². The third-order valence-corrected chi connectivity index (χ3v) is 1.68. The quantitative estimate of drug-likeness (QED) is 0.364. The Morgan fingerprint density at radius 2 is 1.80 bits per heavy atom. The lowest BCUT2D eigenvalue weighted by molar-refractivity contribution is -0.214. The van der Waals surface area contributed by atoms with Crippen molar-refractivity contribution in [3.63, 3.8) is 0 Å². The Kier molecular flexibility index (Phi) is 6.84. The molecule has 0 aliphatic rings. The molecule has 0 saturated carbocycles. The highest BCUT2D eigenvalue weighted by Gasteiger charge is 2.41. The molecule has 0 aromatic rings. The monoisotopic (exact) mass is 232 g/mol. The van der Waals surface area contributed by atoms with Gasteiger partial charge in [-0.25, -0.2) is 8.78 Å². The highest BCUT2D eigenvalue weighted by atomic mass is 19.3. The molecule has 1 unspecified atom stereocenters. The molecule has 0 spiro atoms. The van der Waals surface area contributed by atoms with Crippen LogP contribution in [0, 0.1) is 0 Å². The van der Waals surface area contributed by atoms with Gasteiger partial charge in [-0.2, -0.15) is 8.78 Å². The van der Waals surface area contributed by atoms with E-state index in [0.717, 1.165) is 12.8 Å². The summed E-state index contributed by atoms with van der Waals surface area (Å²) < 4.78 is 57.5. The van der Waals surface area contributed by atoms with E-state index >= 15 is 0 Å². The van der Waals surface area contributed by atoms with Crippen molar-refractivity contribution in [2.24, 2.45) is 0 Å². The molecule has 0 heterocycles. The standard InChI is InChI=1S/C9H16F4O2/c1-3-4-5-14-7(2)15-6-9(12,13)8(10)11/h7-8H,3-6H2,1-2H3. The summed E-state index contributed by atoms with van der Waals surface area (Å²) in [7, 11) is 0. The van der Waals surface area contributed by atoms with Crippen molar-refractivity contribution < 1.29 is 27.0 Å². The summed E-state index contributed by atoms with van der Waals surface area (Å²) in [5.41, 5.74) is 0. The Bertz CT molecular complexity index is 164. The van der Waals surface area contributed by atoms with E-state index in [9.17, 15) is 17.6 Å². The zero-order valence-electron chi connectivity index (χ0n) is 8.81. The Morgan fingerprint density at radius 1 is 1.20 bits per heavy atom.